The smallest absolute Gasteiger partial charge is 0.305 e. The topological polar surface area (TPSA) is 95.9 Å². The van der Waals surface area contributed by atoms with E-state index in [0.29, 0.717) is 19.4 Å². The van der Waals surface area contributed by atoms with Crippen LogP contribution in [0.4, 0.5) is 0 Å². The van der Waals surface area contributed by atoms with E-state index in [9.17, 15) is 19.8 Å². The molecule has 6 heteroatoms. The normalized spacial score (nSPS) is 12.7. The Morgan fingerprint density at radius 2 is 0.581 bits per heavy atom. The van der Waals surface area contributed by atoms with E-state index in [4.69, 9.17) is 4.74 Å². The molecule has 506 valence electrons. The van der Waals surface area contributed by atoms with Crippen LogP contribution in [0.15, 0.2) is 48.6 Å². The maximum Gasteiger partial charge on any atom is 0.305 e. The quantitative estimate of drug-likeness (QED) is 0.0320. The van der Waals surface area contributed by atoms with E-state index in [1.165, 1.54) is 347 Å². The van der Waals surface area contributed by atoms with Crippen LogP contribution >= 0.6 is 0 Å². The highest BCUT2D eigenvalue weighted by Crippen LogP contribution is 2.19. The van der Waals surface area contributed by atoms with Gasteiger partial charge in [-0.15, -0.1) is 0 Å². The number of hydrogen-bond donors (Lipinski definition) is 3. The third-order valence-corrected chi connectivity index (χ3v) is 18.1. The molecule has 0 heterocycles. The van der Waals surface area contributed by atoms with Crippen molar-refractivity contribution < 1.29 is 24.5 Å². The first-order valence-electron chi connectivity index (χ1n) is 38.9. The highest BCUT2D eigenvalue weighted by molar-refractivity contribution is 5.76. The van der Waals surface area contributed by atoms with Crippen LogP contribution in [-0.4, -0.2) is 47.4 Å². The standard InChI is InChI=1S/C80H151NO5/c1-3-5-7-9-11-13-15-17-19-21-22-23-34-37-41-44-48-52-56-60-64-68-72-78(83)77(76-82)81-79(84)73-69-65-61-57-53-49-45-42-38-35-32-30-28-26-24-25-27-29-31-33-36-39-43-47-51-55-59-63-67-71-75-86-80(85)74-70-66-62-58-54-50-46-40-20-18-16-14-12-10-8-6-4-2/h12,14,18,20,25,27,68,72,77-78,82-83H,3-11,13,15-17,19,21-24,26,28-67,69-71,73-76H2,1-2H3,(H,81,84)/b14-12-,20-18-,27-25-,72-68+. The number of aliphatic hydroxyl groups excluding tert-OH is 2. The van der Waals surface area contributed by atoms with Crippen molar-refractivity contribution in [1.82, 2.24) is 5.32 Å². The maximum absolute atomic E-state index is 12.5. The summed E-state index contributed by atoms with van der Waals surface area (Å²) >= 11 is 0. The van der Waals surface area contributed by atoms with Gasteiger partial charge in [0.2, 0.25) is 5.91 Å². The van der Waals surface area contributed by atoms with Gasteiger partial charge in [0.1, 0.15) is 0 Å². The van der Waals surface area contributed by atoms with Gasteiger partial charge in [-0.3, -0.25) is 9.59 Å². The van der Waals surface area contributed by atoms with Crippen molar-refractivity contribution >= 4 is 11.9 Å². The van der Waals surface area contributed by atoms with Crippen LogP contribution in [0.3, 0.4) is 0 Å². The van der Waals surface area contributed by atoms with Crippen molar-refractivity contribution in [2.75, 3.05) is 13.2 Å². The van der Waals surface area contributed by atoms with Gasteiger partial charge in [-0.2, -0.15) is 0 Å². The van der Waals surface area contributed by atoms with Crippen LogP contribution in [0.1, 0.15) is 425 Å². The molecular weight excluding hydrogens is 1050 g/mol. The Morgan fingerprint density at radius 1 is 0.326 bits per heavy atom. The second-order valence-corrected chi connectivity index (χ2v) is 26.7. The fourth-order valence-corrected chi connectivity index (χ4v) is 12.1. The van der Waals surface area contributed by atoms with Gasteiger partial charge in [-0.25, -0.2) is 0 Å². The number of nitrogens with one attached hydrogen (secondary N) is 1. The zero-order valence-electron chi connectivity index (χ0n) is 58.1. The van der Waals surface area contributed by atoms with Gasteiger partial charge in [0.15, 0.2) is 0 Å². The number of carbonyl (C=O) groups is 2. The highest BCUT2D eigenvalue weighted by Gasteiger charge is 2.18. The number of esters is 1. The SMILES string of the molecule is CCCCC/C=C\C/C=C\CCCCCCCCCC(=O)OCCCCCCCCCCCCCC/C=C\CCCCCCCCCCCCCCCCC(=O)NC(CO)C(O)/C=C/CCCCCCCCCCCCCCCCCCCCCC. The molecule has 0 saturated carbocycles. The van der Waals surface area contributed by atoms with E-state index in [2.05, 4.69) is 55.6 Å². The number of allylic oxidation sites excluding steroid dienone is 7. The van der Waals surface area contributed by atoms with Gasteiger partial charge >= 0.3 is 5.97 Å². The third kappa shape index (κ3) is 70.9. The Morgan fingerprint density at radius 3 is 0.919 bits per heavy atom. The first kappa shape index (κ1) is 83.8. The lowest BCUT2D eigenvalue weighted by Crippen LogP contribution is -2.45. The molecule has 0 saturated heterocycles. The summed E-state index contributed by atoms with van der Waals surface area (Å²) in [5.74, 6) is -0.0529. The summed E-state index contributed by atoms with van der Waals surface area (Å²) in [4.78, 5) is 24.6. The Labute approximate surface area is 537 Å². The molecule has 0 bridgehead atoms. The van der Waals surface area contributed by atoms with Gasteiger partial charge < -0.3 is 20.3 Å². The second-order valence-electron chi connectivity index (χ2n) is 26.7. The molecule has 2 atom stereocenters. The minimum atomic E-state index is -0.845. The van der Waals surface area contributed by atoms with Crippen LogP contribution in [0.2, 0.25) is 0 Å². The van der Waals surface area contributed by atoms with Gasteiger partial charge in [0, 0.05) is 12.8 Å². The van der Waals surface area contributed by atoms with Gasteiger partial charge in [0.25, 0.3) is 0 Å². The Balaban J connectivity index is 3.39. The maximum atomic E-state index is 12.5. The third-order valence-electron chi connectivity index (χ3n) is 18.1. The molecule has 86 heavy (non-hydrogen) atoms. The number of hydrogen-bond acceptors (Lipinski definition) is 5. The summed E-state index contributed by atoms with van der Waals surface area (Å²) in [5, 5.41) is 23.3. The van der Waals surface area contributed by atoms with Gasteiger partial charge in [-0.1, -0.05) is 371 Å². The van der Waals surface area contributed by atoms with Crippen LogP contribution in [-0.2, 0) is 14.3 Å². The molecule has 0 fully saturated rings. The number of carbonyl (C=O) groups excluding carboxylic acids is 2. The summed E-state index contributed by atoms with van der Waals surface area (Å²) in [6.45, 7) is 4.92. The molecule has 0 aromatic carbocycles. The average molecular weight is 1210 g/mol. The zero-order valence-corrected chi connectivity index (χ0v) is 58.1. The fourth-order valence-electron chi connectivity index (χ4n) is 12.1. The number of unbranched alkanes of at least 4 members (excludes halogenated alkanes) is 56. The van der Waals surface area contributed by atoms with Crippen LogP contribution < -0.4 is 5.32 Å². The van der Waals surface area contributed by atoms with Crippen molar-refractivity contribution in [2.24, 2.45) is 0 Å². The van der Waals surface area contributed by atoms with E-state index < -0.39 is 12.1 Å². The summed E-state index contributed by atoms with van der Waals surface area (Å²) in [6, 6.07) is -0.629. The lowest BCUT2D eigenvalue weighted by molar-refractivity contribution is -0.143. The highest BCUT2D eigenvalue weighted by atomic mass is 16.5. The summed E-state index contributed by atoms with van der Waals surface area (Å²) in [7, 11) is 0. The number of ether oxygens (including phenoxy) is 1. The molecule has 0 aromatic rings. The molecule has 3 N–H and O–H groups in total. The van der Waals surface area contributed by atoms with Crippen molar-refractivity contribution in [3.05, 3.63) is 48.6 Å². The van der Waals surface area contributed by atoms with Crippen molar-refractivity contribution in [1.29, 1.82) is 0 Å². The van der Waals surface area contributed by atoms with Crippen LogP contribution in [0, 0.1) is 0 Å². The minimum absolute atomic E-state index is 0.00948. The number of amides is 1. The molecular formula is C80H151NO5. The molecule has 0 aliphatic heterocycles. The van der Waals surface area contributed by atoms with Gasteiger partial charge in [0.05, 0.1) is 25.4 Å². The molecule has 0 aromatic heterocycles. The van der Waals surface area contributed by atoms with Crippen molar-refractivity contribution in [2.45, 2.75) is 437 Å². The fraction of sp³-hybridized carbons (Fsp3) is 0.875. The summed E-state index contributed by atoms with van der Waals surface area (Å²) in [6.07, 6.45) is 99.3. The van der Waals surface area contributed by atoms with Crippen molar-refractivity contribution in [3.8, 4) is 0 Å². The minimum Gasteiger partial charge on any atom is -0.466 e. The van der Waals surface area contributed by atoms with E-state index in [1.807, 2.05) is 6.08 Å². The zero-order chi connectivity index (χ0) is 62.0. The second kappa shape index (κ2) is 75.3. The summed E-state index contributed by atoms with van der Waals surface area (Å²) in [5.41, 5.74) is 0. The van der Waals surface area contributed by atoms with E-state index in [1.54, 1.807) is 6.08 Å². The lowest BCUT2D eigenvalue weighted by Gasteiger charge is -2.20. The van der Waals surface area contributed by atoms with Crippen LogP contribution in [0.25, 0.3) is 0 Å². The molecule has 0 rings (SSSR count). The largest absolute Gasteiger partial charge is 0.466 e. The van der Waals surface area contributed by atoms with Crippen LogP contribution in [0.5, 0.6) is 0 Å². The van der Waals surface area contributed by atoms with Crippen molar-refractivity contribution in [3.63, 3.8) is 0 Å². The molecule has 1 amide bonds. The Kier molecular flexibility index (Phi) is 73.4. The number of aliphatic hydroxyl groups is 2. The predicted molar refractivity (Wildman–Crippen MR) is 379 cm³/mol. The first-order valence-corrected chi connectivity index (χ1v) is 38.9. The molecule has 0 radical (unpaired) electrons. The predicted octanol–water partition coefficient (Wildman–Crippen LogP) is 25.6. The summed E-state index contributed by atoms with van der Waals surface area (Å²) < 4.78 is 5.50. The first-order chi connectivity index (χ1) is 42.5. The Hall–Kier alpha value is -2.18. The number of rotatable bonds is 73. The molecule has 0 spiro atoms. The molecule has 0 aliphatic carbocycles. The molecule has 6 nitrogen and oxygen atoms in total. The lowest BCUT2D eigenvalue weighted by atomic mass is 10.0. The molecule has 2 unspecified atom stereocenters. The monoisotopic (exact) mass is 1210 g/mol. The average Bonchev–Trinajstić information content (AvgIpc) is 3.56. The Bertz CT molecular complexity index is 1440. The van der Waals surface area contributed by atoms with E-state index >= 15 is 0 Å². The van der Waals surface area contributed by atoms with E-state index in [0.717, 1.165) is 51.4 Å². The molecule has 0 aliphatic rings. The van der Waals surface area contributed by atoms with E-state index in [-0.39, 0.29) is 18.5 Å². The van der Waals surface area contributed by atoms with Gasteiger partial charge in [-0.05, 0) is 89.9 Å².